The quantitative estimate of drug-likeness (QED) is 0.432. The van der Waals surface area contributed by atoms with Gasteiger partial charge in [0.15, 0.2) is 0 Å². The zero-order valence-electron chi connectivity index (χ0n) is 21.8. The molecule has 1 aliphatic rings. The van der Waals surface area contributed by atoms with Crippen LogP contribution in [0.25, 0.3) is 0 Å². The number of aryl methyl sites for hydroxylation is 3. The van der Waals surface area contributed by atoms with E-state index < -0.39 is 24.0 Å². The zero-order valence-corrected chi connectivity index (χ0v) is 26.1. The Morgan fingerprint density at radius 2 is 1.14 bits per heavy atom. The van der Waals surface area contributed by atoms with Crippen molar-refractivity contribution in [1.82, 2.24) is 0 Å². The molecule has 0 heterocycles. The van der Waals surface area contributed by atoms with E-state index in [0.717, 1.165) is 0 Å². The summed E-state index contributed by atoms with van der Waals surface area (Å²) < 4.78 is 6.07. The standard InChI is InChI=1S/C12H11Si.C9H12N.C9H13.2ClH.Ti/c1-3-7-11(8-4-1)13-12-9-5-2-6-10-12;1-6-4-7(2)9(10)8(3)5-6;1-6-5-7(2)9(4)8(6)3;;;/h1-10,13H;4-5,10H,1-3H3;6H,1-4H3;2*1H;/q;-1;;;;+3/p-2. The number of allylic oxidation sites excluding steroid dienone is 4. The Morgan fingerprint density at radius 1 is 0.686 bits per heavy atom. The normalized spacial score (nSPS) is 15.1. The maximum absolute atomic E-state index is 4.33. The van der Waals surface area contributed by atoms with E-state index in [1.807, 2.05) is 0 Å². The van der Waals surface area contributed by atoms with Gasteiger partial charge in [0.1, 0.15) is 0 Å². The monoisotopic (exact) mass is 556 g/mol. The molecule has 1 atom stereocenters. The minimum absolute atomic E-state index is 0. The van der Waals surface area contributed by atoms with Crippen molar-refractivity contribution < 1.29 is 42.2 Å². The molecule has 1 nitrogen and oxygen atoms in total. The van der Waals surface area contributed by atoms with Crippen LogP contribution in [0.2, 0.25) is 0 Å². The Kier molecular flexibility index (Phi) is 10.7. The van der Waals surface area contributed by atoms with Crippen molar-refractivity contribution in [3.05, 3.63) is 110 Å². The predicted molar refractivity (Wildman–Crippen MR) is 144 cm³/mol. The number of anilines is 1. The van der Waals surface area contributed by atoms with Crippen LogP contribution in [-0.2, 0) is 17.4 Å². The van der Waals surface area contributed by atoms with Gasteiger partial charge >= 0.3 is 208 Å². The topological polar surface area (TPSA) is 12.0 Å². The Morgan fingerprint density at radius 3 is 1.54 bits per heavy atom. The third kappa shape index (κ3) is 6.06. The molecule has 0 spiro atoms. The minimum Gasteiger partial charge on any atom is -1.00 e. The van der Waals surface area contributed by atoms with Crippen LogP contribution < -0.4 is 39.0 Å². The van der Waals surface area contributed by atoms with E-state index in [4.69, 9.17) is 0 Å². The third-order valence-corrected chi connectivity index (χ3v) is 20.8. The predicted octanol–water partition coefficient (Wildman–Crippen LogP) is 0.363. The maximum atomic E-state index is 4.33. The summed E-state index contributed by atoms with van der Waals surface area (Å²) in [4.78, 5) is 0. The van der Waals surface area contributed by atoms with Crippen LogP contribution in [0, 0.1) is 26.7 Å². The Bertz CT molecular complexity index is 1160. The fourth-order valence-electron chi connectivity index (χ4n) is 5.42. The number of nitrogens with one attached hydrogen (secondary N) is 1. The summed E-state index contributed by atoms with van der Waals surface area (Å²) >= 11 is -2.00. The van der Waals surface area contributed by atoms with Crippen LogP contribution in [0.5, 0.6) is 0 Å². The average Bonchev–Trinajstić information content (AvgIpc) is 2.99. The second kappa shape index (κ2) is 12.6. The summed E-state index contributed by atoms with van der Waals surface area (Å²) in [7, 11) is 0. The molecule has 0 fully saturated rings. The Balaban J connectivity index is 0.00000216. The molecule has 5 heteroatoms. The summed E-state index contributed by atoms with van der Waals surface area (Å²) in [5.74, 6) is 0.529. The SMILES string of the molecule is CC1=C(C)C(C)[C]([Ti+2]([NH]c2c(C)cc(C)cc2C)[SiH](c2ccccc2)c2ccccc2)=C1C.[Cl-].[Cl-]. The molecule has 0 aromatic heterocycles. The molecule has 3 aromatic carbocycles. The maximum Gasteiger partial charge on any atom is -1.00 e. The molecule has 0 aliphatic heterocycles. The van der Waals surface area contributed by atoms with E-state index in [1.165, 1.54) is 28.0 Å². The first-order chi connectivity index (χ1) is 15.8. The molecule has 0 saturated heterocycles. The van der Waals surface area contributed by atoms with Crippen LogP contribution in [0.15, 0.2) is 93.4 Å². The minimum atomic E-state index is -2.00. The molecule has 1 N–H and O–H groups in total. The molecule has 4 rings (SSSR count). The number of rotatable bonds is 6. The van der Waals surface area contributed by atoms with Crippen molar-refractivity contribution in [3.8, 4) is 0 Å². The van der Waals surface area contributed by atoms with Gasteiger partial charge in [0.25, 0.3) is 0 Å². The van der Waals surface area contributed by atoms with Crippen molar-refractivity contribution in [1.29, 1.82) is 0 Å². The number of benzene rings is 3. The molecule has 3 aromatic rings. The van der Waals surface area contributed by atoms with Gasteiger partial charge in [-0.25, -0.2) is 0 Å². The van der Waals surface area contributed by atoms with Gasteiger partial charge in [0.2, 0.25) is 0 Å². The molecule has 35 heavy (non-hydrogen) atoms. The zero-order chi connectivity index (χ0) is 23.7. The first-order valence-electron chi connectivity index (χ1n) is 12.0. The van der Waals surface area contributed by atoms with Gasteiger partial charge < -0.3 is 24.8 Å². The fourth-order valence-corrected chi connectivity index (χ4v) is 21.0. The second-order valence-electron chi connectivity index (χ2n) is 9.64. The van der Waals surface area contributed by atoms with Crippen LogP contribution in [0.1, 0.15) is 44.4 Å². The van der Waals surface area contributed by atoms with Gasteiger partial charge in [-0.1, -0.05) is 0 Å². The first-order valence-corrected chi connectivity index (χ1v) is 18.0. The third-order valence-electron chi connectivity index (χ3n) is 7.42. The smallest absolute Gasteiger partial charge is 1.00 e. The molecule has 183 valence electrons. The van der Waals surface area contributed by atoms with E-state index in [0.29, 0.717) is 5.92 Å². The van der Waals surface area contributed by atoms with E-state index in [2.05, 4.69) is 125 Å². The van der Waals surface area contributed by atoms with Crippen molar-refractivity contribution >= 4 is 22.7 Å². The number of halogens is 2. The van der Waals surface area contributed by atoms with Crippen LogP contribution in [-0.4, -0.2) is 6.66 Å². The molecule has 0 saturated carbocycles. The fraction of sp³-hybridized carbons (Fsp3) is 0.267. The summed E-state index contributed by atoms with van der Waals surface area (Å²) in [6.07, 6.45) is 0. The molecular weight excluding hydrogens is 521 g/mol. The van der Waals surface area contributed by atoms with Gasteiger partial charge in [-0.15, -0.1) is 0 Å². The van der Waals surface area contributed by atoms with Gasteiger partial charge in [-0.3, -0.25) is 0 Å². The van der Waals surface area contributed by atoms with E-state index in [-0.39, 0.29) is 24.8 Å². The molecule has 0 bridgehead atoms. The van der Waals surface area contributed by atoms with Gasteiger partial charge in [0.05, 0.1) is 0 Å². The summed E-state index contributed by atoms with van der Waals surface area (Å²) in [6.45, 7) is 14.7. The number of hydrogen-bond acceptors (Lipinski definition) is 1. The molecule has 0 radical (unpaired) electrons. The van der Waals surface area contributed by atoms with Crippen LogP contribution in [0.4, 0.5) is 5.69 Å². The van der Waals surface area contributed by atoms with Crippen LogP contribution in [0.3, 0.4) is 0 Å². The van der Waals surface area contributed by atoms with Gasteiger partial charge in [0, 0.05) is 0 Å². The van der Waals surface area contributed by atoms with Gasteiger partial charge in [-0.05, 0) is 0 Å². The average molecular weight is 557 g/mol. The second-order valence-corrected chi connectivity index (χ2v) is 19.4. The summed E-state index contributed by atoms with van der Waals surface area (Å²) in [5.41, 5.74) is 10.1. The largest absolute Gasteiger partial charge is 1.00 e. The molecule has 1 aliphatic carbocycles. The van der Waals surface area contributed by atoms with Crippen molar-refractivity contribution in [2.75, 3.05) is 3.80 Å². The molecule has 0 amide bonds. The summed E-state index contributed by atoms with van der Waals surface area (Å²) in [6, 6.07) is 27.4. The number of hydrogen-bond donors (Lipinski definition) is 1. The summed E-state index contributed by atoms with van der Waals surface area (Å²) in [5, 5.41) is 3.12. The van der Waals surface area contributed by atoms with E-state index in [1.54, 1.807) is 25.4 Å². The van der Waals surface area contributed by atoms with E-state index >= 15 is 0 Å². The van der Waals surface area contributed by atoms with Gasteiger partial charge in [-0.2, -0.15) is 0 Å². The Labute approximate surface area is 231 Å². The van der Waals surface area contributed by atoms with Crippen molar-refractivity contribution in [3.63, 3.8) is 0 Å². The molecule has 1 unspecified atom stereocenters. The van der Waals surface area contributed by atoms with E-state index in [9.17, 15) is 0 Å². The van der Waals surface area contributed by atoms with Crippen molar-refractivity contribution in [2.24, 2.45) is 5.92 Å². The first kappa shape index (κ1) is 29.7. The van der Waals surface area contributed by atoms with Crippen LogP contribution >= 0.6 is 0 Å². The Hall–Kier alpha value is -1.55. The molecular formula is C30H36Cl2NSiTi. The van der Waals surface area contributed by atoms with Crippen molar-refractivity contribution in [2.45, 2.75) is 48.5 Å².